The minimum absolute atomic E-state index is 0.0438. The van der Waals surface area contributed by atoms with Crippen molar-refractivity contribution in [1.29, 1.82) is 0 Å². The number of rotatable bonds is 4. The highest BCUT2D eigenvalue weighted by Crippen LogP contribution is 2.49. The summed E-state index contributed by atoms with van der Waals surface area (Å²) in [5.41, 5.74) is 1.23. The van der Waals surface area contributed by atoms with Crippen LogP contribution in [0.25, 0.3) is 0 Å². The lowest BCUT2D eigenvalue weighted by molar-refractivity contribution is -0.137. The molecule has 1 saturated carbocycles. The molecule has 1 aliphatic rings. The number of phenolic OH excluding ortho intramolecular Hbond substituents is 1. The van der Waals surface area contributed by atoms with Gasteiger partial charge in [0.1, 0.15) is 5.75 Å². The molecule has 2 N–H and O–H groups in total. The highest BCUT2D eigenvalue weighted by atomic mass is 35.5. The van der Waals surface area contributed by atoms with Crippen molar-refractivity contribution in [1.82, 2.24) is 0 Å². The molecule has 1 aromatic carbocycles. The second-order valence-electron chi connectivity index (χ2n) is 6.68. The molecule has 1 atom stereocenters. The maximum absolute atomic E-state index is 11.1. The van der Waals surface area contributed by atoms with E-state index in [0.717, 1.165) is 18.4 Å². The zero-order valence-corrected chi connectivity index (χ0v) is 12.9. The molecule has 2 rings (SSSR count). The Balaban J connectivity index is 2.49. The molecule has 110 valence electrons. The molecular formula is C16H21ClO3. The third kappa shape index (κ3) is 3.26. The number of aliphatic carboxylic acids is 1. The summed E-state index contributed by atoms with van der Waals surface area (Å²) in [5, 5.41) is 20.2. The molecule has 20 heavy (non-hydrogen) atoms. The van der Waals surface area contributed by atoms with Gasteiger partial charge >= 0.3 is 5.97 Å². The highest BCUT2D eigenvalue weighted by molar-refractivity contribution is 6.30. The number of carbonyl (C=O) groups is 1. The van der Waals surface area contributed by atoms with Gasteiger partial charge in [0.25, 0.3) is 0 Å². The van der Waals surface area contributed by atoms with Gasteiger partial charge in [-0.05, 0) is 41.9 Å². The summed E-state index contributed by atoms with van der Waals surface area (Å²) in [6, 6.07) is 3.49. The standard InChI is InChI=1S/C16H21ClO3/c1-16(2,3)13-7-10(17)6-12(15(13)20)11(8-14(18)19)9-4-5-9/h6-7,9,11,20H,4-5,8H2,1-3H3,(H,18,19). The van der Waals surface area contributed by atoms with Gasteiger partial charge in [-0.25, -0.2) is 0 Å². The smallest absolute Gasteiger partial charge is 0.303 e. The minimum atomic E-state index is -0.835. The summed E-state index contributed by atoms with van der Waals surface area (Å²) >= 11 is 6.18. The monoisotopic (exact) mass is 296 g/mol. The lowest BCUT2D eigenvalue weighted by Gasteiger charge is -2.25. The molecule has 0 spiro atoms. The first-order valence-corrected chi connectivity index (χ1v) is 7.32. The lowest BCUT2D eigenvalue weighted by Crippen LogP contribution is -2.14. The molecule has 0 aromatic heterocycles. The number of carboxylic acid groups (broad SMARTS) is 1. The van der Waals surface area contributed by atoms with Gasteiger partial charge in [-0.2, -0.15) is 0 Å². The number of benzene rings is 1. The van der Waals surface area contributed by atoms with Crippen LogP contribution in [0.1, 0.15) is 57.1 Å². The van der Waals surface area contributed by atoms with E-state index in [2.05, 4.69) is 0 Å². The van der Waals surface area contributed by atoms with Crippen molar-refractivity contribution >= 4 is 17.6 Å². The molecule has 1 fully saturated rings. The van der Waals surface area contributed by atoms with Crippen LogP contribution in [0.15, 0.2) is 12.1 Å². The van der Waals surface area contributed by atoms with Crippen molar-refractivity contribution in [3.63, 3.8) is 0 Å². The molecule has 0 amide bonds. The number of halogens is 1. The van der Waals surface area contributed by atoms with Crippen LogP contribution in [0.5, 0.6) is 5.75 Å². The molecule has 0 heterocycles. The Morgan fingerprint density at radius 2 is 2.00 bits per heavy atom. The lowest BCUT2D eigenvalue weighted by atomic mass is 9.81. The largest absolute Gasteiger partial charge is 0.507 e. The van der Waals surface area contributed by atoms with Crippen LogP contribution >= 0.6 is 11.6 Å². The van der Waals surface area contributed by atoms with Gasteiger partial charge in [-0.15, -0.1) is 0 Å². The Kier molecular flexibility index (Phi) is 4.01. The maximum Gasteiger partial charge on any atom is 0.303 e. The summed E-state index contributed by atoms with van der Waals surface area (Å²) in [6.07, 6.45) is 2.09. The van der Waals surface area contributed by atoms with Crippen molar-refractivity contribution < 1.29 is 15.0 Å². The Morgan fingerprint density at radius 1 is 1.40 bits per heavy atom. The zero-order valence-electron chi connectivity index (χ0n) is 12.1. The first-order valence-electron chi connectivity index (χ1n) is 6.95. The van der Waals surface area contributed by atoms with Crippen molar-refractivity contribution in [2.45, 2.75) is 51.4 Å². The predicted molar refractivity (Wildman–Crippen MR) is 79.5 cm³/mol. The van der Waals surface area contributed by atoms with Gasteiger partial charge in [0.05, 0.1) is 6.42 Å². The number of hydrogen-bond acceptors (Lipinski definition) is 2. The molecule has 0 radical (unpaired) electrons. The zero-order chi connectivity index (χ0) is 15.1. The van der Waals surface area contributed by atoms with Gasteiger partial charge in [0.2, 0.25) is 0 Å². The summed E-state index contributed by atoms with van der Waals surface area (Å²) in [7, 11) is 0. The van der Waals surface area contributed by atoms with E-state index >= 15 is 0 Å². The van der Waals surface area contributed by atoms with E-state index in [1.165, 1.54) is 0 Å². The van der Waals surface area contributed by atoms with Gasteiger partial charge in [0.15, 0.2) is 0 Å². The van der Waals surface area contributed by atoms with E-state index in [1.807, 2.05) is 20.8 Å². The topological polar surface area (TPSA) is 57.5 Å². The number of hydrogen-bond donors (Lipinski definition) is 2. The molecule has 0 saturated heterocycles. The molecule has 1 aromatic rings. The fourth-order valence-corrected chi connectivity index (χ4v) is 2.92. The Labute approximate surface area is 124 Å². The van der Waals surface area contributed by atoms with Crippen molar-refractivity contribution in [3.05, 3.63) is 28.3 Å². The highest BCUT2D eigenvalue weighted by Gasteiger charge is 2.36. The summed E-state index contributed by atoms with van der Waals surface area (Å²) in [4.78, 5) is 11.1. The molecule has 0 bridgehead atoms. The third-order valence-corrected chi connectivity index (χ3v) is 4.12. The average Bonchev–Trinajstić information content (AvgIpc) is 3.11. The van der Waals surface area contributed by atoms with Gasteiger partial charge in [-0.3, -0.25) is 4.79 Å². The number of carboxylic acids is 1. The predicted octanol–water partition coefficient (Wildman–Crippen LogP) is 4.31. The molecule has 1 unspecified atom stereocenters. The maximum atomic E-state index is 11.1. The first-order chi connectivity index (χ1) is 9.20. The second-order valence-corrected chi connectivity index (χ2v) is 7.12. The van der Waals surface area contributed by atoms with Crippen LogP contribution in [-0.4, -0.2) is 16.2 Å². The van der Waals surface area contributed by atoms with Crippen LogP contribution < -0.4 is 0 Å². The van der Waals surface area contributed by atoms with Gasteiger partial charge in [-0.1, -0.05) is 32.4 Å². The van der Waals surface area contributed by atoms with E-state index in [9.17, 15) is 9.90 Å². The fourth-order valence-electron chi connectivity index (χ4n) is 2.69. The fraction of sp³-hybridized carbons (Fsp3) is 0.562. The Hall–Kier alpha value is -1.22. The van der Waals surface area contributed by atoms with E-state index in [-0.39, 0.29) is 23.5 Å². The summed E-state index contributed by atoms with van der Waals surface area (Å²) < 4.78 is 0. The van der Waals surface area contributed by atoms with Crippen LogP contribution in [0.4, 0.5) is 0 Å². The van der Waals surface area contributed by atoms with Crippen molar-refractivity contribution in [2.75, 3.05) is 0 Å². The SMILES string of the molecule is CC(C)(C)c1cc(Cl)cc(C(CC(=O)O)C2CC2)c1O. The van der Waals surface area contributed by atoms with E-state index < -0.39 is 5.97 Å². The van der Waals surface area contributed by atoms with Gasteiger partial charge in [0, 0.05) is 16.5 Å². The van der Waals surface area contributed by atoms with Gasteiger partial charge < -0.3 is 10.2 Å². The second kappa shape index (κ2) is 5.28. The molecule has 0 aliphatic heterocycles. The van der Waals surface area contributed by atoms with E-state index in [4.69, 9.17) is 16.7 Å². The van der Waals surface area contributed by atoms with Crippen molar-refractivity contribution in [3.8, 4) is 5.75 Å². The van der Waals surface area contributed by atoms with Crippen LogP contribution in [0, 0.1) is 5.92 Å². The normalized spacial score (nSPS) is 17.0. The number of aromatic hydroxyl groups is 1. The van der Waals surface area contributed by atoms with Crippen LogP contribution in [0.2, 0.25) is 5.02 Å². The first kappa shape index (κ1) is 15.2. The summed E-state index contributed by atoms with van der Waals surface area (Å²) in [6.45, 7) is 6.02. The molecular weight excluding hydrogens is 276 g/mol. The number of phenols is 1. The molecule has 1 aliphatic carbocycles. The third-order valence-electron chi connectivity index (χ3n) is 3.90. The van der Waals surface area contributed by atoms with E-state index in [1.54, 1.807) is 12.1 Å². The van der Waals surface area contributed by atoms with Crippen LogP contribution in [-0.2, 0) is 10.2 Å². The average molecular weight is 297 g/mol. The van der Waals surface area contributed by atoms with Crippen LogP contribution in [0.3, 0.4) is 0 Å². The molecule has 4 heteroatoms. The quantitative estimate of drug-likeness (QED) is 0.870. The van der Waals surface area contributed by atoms with Crippen molar-refractivity contribution in [2.24, 2.45) is 5.92 Å². The Bertz CT molecular complexity index is 527. The van der Waals surface area contributed by atoms with E-state index in [0.29, 0.717) is 16.5 Å². The Morgan fingerprint density at radius 3 is 2.45 bits per heavy atom. The summed E-state index contributed by atoms with van der Waals surface area (Å²) in [5.74, 6) is -0.422. The molecule has 3 nitrogen and oxygen atoms in total. The minimum Gasteiger partial charge on any atom is -0.507 e.